The Kier molecular flexibility index (Phi) is 7.35. The van der Waals surface area contributed by atoms with Crippen LogP contribution >= 0.6 is 11.6 Å². The van der Waals surface area contributed by atoms with Crippen molar-refractivity contribution in [3.05, 3.63) is 88.7 Å². The lowest BCUT2D eigenvalue weighted by Crippen LogP contribution is -2.36. The minimum Gasteiger partial charge on any atom is -0.326 e. The van der Waals surface area contributed by atoms with E-state index in [4.69, 9.17) is 11.6 Å². The number of hydrogen-bond donors (Lipinski definition) is 3. The quantitative estimate of drug-likeness (QED) is 0.409. The third-order valence-corrected chi connectivity index (χ3v) is 4.50. The first-order valence-electron chi connectivity index (χ1n) is 9.56. The number of aryl methyl sites for hydroxylation is 1. The lowest BCUT2D eigenvalue weighted by Gasteiger charge is -2.14. The van der Waals surface area contributed by atoms with Crippen LogP contribution in [0, 0.1) is 6.92 Å². The van der Waals surface area contributed by atoms with E-state index in [1.807, 2.05) is 31.2 Å². The number of rotatable bonds is 5. The summed E-state index contributed by atoms with van der Waals surface area (Å²) < 4.78 is 0. The molecule has 0 aliphatic heterocycles. The molecule has 8 heteroatoms. The number of benzene rings is 2. The second-order valence-electron chi connectivity index (χ2n) is 6.83. The molecule has 1 heterocycles. The number of guanidine groups is 1. The predicted molar refractivity (Wildman–Crippen MR) is 123 cm³/mol. The zero-order valence-corrected chi connectivity index (χ0v) is 17.9. The van der Waals surface area contributed by atoms with E-state index in [9.17, 15) is 9.59 Å². The summed E-state index contributed by atoms with van der Waals surface area (Å²) in [6.45, 7) is 3.65. The third-order valence-electron chi connectivity index (χ3n) is 4.26. The smallest absolute Gasteiger partial charge is 0.258 e. The van der Waals surface area contributed by atoms with Gasteiger partial charge in [-0.15, -0.1) is 0 Å². The second-order valence-corrected chi connectivity index (χ2v) is 7.26. The van der Waals surface area contributed by atoms with Gasteiger partial charge in [-0.2, -0.15) is 0 Å². The van der Waals surface area contributed by atoms with Crippen molar-refractivity contribution in [2.45, 2.75) is 20.4 Å². The number of carbonyl (C=O) groups excluding carboxylic acids is 2. The Morgan fingerprint density at radius 2 is 1.90 bits per heavy atom. The van der Waals surface area contributed by atoms with Crippen LogP contribution in [-0.2, 0) is 11.3 Å². The summed E-state index contributed by atoms with van der Waals surface area (Å²) in [6.07, 6.45) is 3.40. The Bertz CT molecular complexity index is 1120. The van der Waals surface area contributed by atoms with Crippen LogP contribution < -0.4 is 16.0 Å². The number of amides is 2. The van der Waals surface area contributed by atoms with Gasteiger partial charge in [-0.1, -0.05) is 23.7 Å². The first-order chi connectivity index (χ1) is 14.9. The van der Waals surface area contributed by atoms with Crippen LogP contribution in [0.25, 0.3) is 0 Å². The van der Waals surface area contributed by atoms with Gasteiger partial charge in [0, 0.05) is 41.3 Å². The number of aromatic nitrogens is 1. The molecule has 0 aliphatic carbocycles. The second kappa shape index (κ2) is 10.4. The highest BCUT2D eigenvalue weighted by Crippen LogP contribution is 2.19. The van der Waals surface area contributed by atoms with E-state index in [1.165, 1.54) is 6.92 Å². The largest absolute Gasteiger partial charge is 0.326 e. The molecule has 3 rings (SSSR count). The van der Waals surface area contributed by atoms with E-state index in [1.54, 1.807) is 42.7 Å². The van der Waals surface area contributed by atoms with Gasteiger partial charge < -0.3 is 10.6 Å². The van der Waals surface area contributed by atoms with Gasteiger partial charge >= 0.3 is 0 Å². The van der Waals surface area contributed by atoms with Crippen LogP contribution in [0.2, 0.25) is 5.02 Å². The summed E-state index contributed by atoms with van der Waals surface area (Å²) in [7, 11) is 0. The number of anilines is 2. The maximum atomic E-state index is 12.9. The zero-order chi connectivity index (χ0) is 22.2. The predicted octanol–water partition coefficient (Wildman–Crippen LogP) is 4.40. The Hall–Kier alpha value is -3.71. The third kappa shape index (κ3) is 6.65. The van der Waals surface area contributed by atoms with Crippen LogP contribution in [-0.4, -0.2) is 22.8 Å². The minimum atomic E-state index is -0.365. The van der Waals surface area contributed by atoms with Crippen molar-refractivity contribution in [3.63, 3.8) is 0 Å². The van der Waals surface area contributed by atoms with Crippen molar-refractivity contribution < 1.29 is 9.59 Å². The molecule has 7 nitrogen and oxygen atoms in total. The monoisotopic (exact) mass is 435 g/mol. The molecule has 0 saturated heterocycles. The lowest BCUT2D eigenvalue weighted by atomic mass is 10.2. The number of aliphatic imine (C=N–C) groups is 1. The lowest BCUT2D eigenvalue weighted by molar-refractivity contribution is -0.114. The van der Waals surface area contributed by atoms with Crippen molar-refractivity contribution in [2.75, 3.05) is 10.6 Å². The number of nitrogens with one attached hydrogen (secondary N) is 3. The molecule has 0 spiro atoms. The highest BCUT2D eigenvalue weighted by Gasteiger charge is 2.12. The van der Waals surface area contributed by atoms with Gasteiger partial charge in [-0.3, -0.25) is 19.9 Å². The highest BCUT2D eigenvalue weighted by molar-refractivity contribution is 6.30. The fraction of sp³-hybridized carbons (Fsp3) is 0.130. The van der Waals surface area contributed by atoms with E-state index in [2.05, 4.69) is 25.9 Å². The molecule has 3 N–H and O–H groups in total. The molecule has 0 aliphatic rings. The van der Waals surface area contributed by atoms with Gasteiger partial charge in [-0.25, -0.2) is 4.99 Å². The molecule has 31 heavy (non-hydrogen) atoms. The zero-order valence-electron chi connectivity index (χ0n) is 17.1. The molecule has 0 atom stereocenters. The number of pyridine rings is 1. The average Bonchev–Trinajstić information content (AvgIpc) is 2.74. The van der Waals surface area contributed by atoms with Crippen molar-refractivity contribution in [1.29, 1.82) is 0 Å². The molecule has 158 valence electrons. The molecular weight excluding hydrogens is 414 g/mol. The Morgan fingerprint density at radius 3 is 2.61 bits per heavy atom. The van der Waals surface area contributed by atoms with Crippen molar-refractivity contribution in [2.24, 2.45) is 4.99 Å². The normalized spacial score (nSPS) is 11.0. The van der Waals surface area contributed by atoms with Crippen LogP contribution in [0.5, 0.6) is 0 Å². The Morgan fingerprint density at radius 1 is 1.06 bits per heavy atom. The van der Waals surface area contributed by atoms with Crippen LogP contribution in [0.3, 0.4) is 0 Å². The van der Waals surface area contributed by atoms with E-state index in [0.29, 0.717) is 22.8 Å². The van der Waals surface area contributed by atoms with Gasteiger partial charge in [0.25, 0.3) is 5.91 Å². The van der Waals surface area contributed by atoms with Crippen LogP contribution in [0.15, 0.2) is 72.0 Å². The van der Waals surface area contributed by atoms with Crippen molar-refractivity contribution >= 4 is 40.7 Å². The Balaban J connectivity index is 1.83. The summed E-state index contributed by atoms with van der Waals surface area (Å²) in [5.41, 5.74) is 3.49. The topological polar surface area (TPSA) is 95.5 Å². The van der Waals surface area contributed by atoms with Gasteiger partial charge in [0.2, 0.25) is 11.9 Å². The van der Waals surface area contributed by atoms with E-state index < -0.39 is 0 Å². The van der Waals surface area contributed by atoms with Crippen molar-refractivity contribution in [3.8, 4) is 0 Å². The number of nitrogens with zero attached hydrogens (tertiary/aromatic N) is 2. The fourth-order valence-electron chi connectivity index (χ4n) is 2.79. The molecule has 0 radical (unpaired) electrons. The fourth-order valence-corrected chi connectivity index (χ4v) is 3.02. The molecule has 3 aromatic rings. The van der Waals surface area contributed by atoms with Gasteiger partial charge in [0.05, 0.1) is 6.54 Å². The summed E-state index contributed by atoms with van der Waals surface area (Å²) >= 11 is 6.05. The highest BCUT2D eigenvalue weighted by atomic mass is 35.5. The van der Waals surface area contributed by atoms with Gasteiger partial charge in [0.1, 0.15) is 0 Å². The van der Waals surface area contributed by atoms with Gasteiger partial charge in [-0.05, 0) is 60.5 Å². The summed E-state index contributed by atoms with van der Waals surface area (Å²) in [5.74, 6) is -0.295. The molecule has 0 unspecified atom stereocenters. The number of carbonyl (C=O) groups is 2. The maximum absolute atomic E-state index is 12.9. The molecular formula is C23H22ClN5O2. The molecule has 0 saturated carbocycles. The summed E-state index contributed by atoms with van der Waals surface area (Å²) in [4.78, 5) is 32.8. The number of hydrogen-bond acceptors (Lipinski definition) is 4. The molecule has 0 bridgehead atoms. The minimum absolute atomic E-state index is 0.212. The SMILES string of the molecule is CC(=O)Nc1cccc(C(=O)NC(=NCc2cccnc2)Nc2ccc(Cl)cc2C)c1. The molecule has 0 fully saturated rings. The molecule has 2 aromatic carbocycles. The standard InChI is InChI=1S/C23H22ClN5O2/c1-15-11-19(24)8-9-21(15)28-23(26-14-17-5-4-10-25-13-17)29-22(31)18-6-3-7-20(12-18)27-16(2)30/h3-13H,14H2,1-2H3,(H,27,30)(H2,26,28,29,31). The van der Waals surface area contributed by atoms with Crippen LogP contribution in [0.4, 0.5) is 11.4 Å². The maximum Gasteiger partial charge on any atom is 0.258 e. The van der Waals surface area contributed by atoms with E-state index in [-0.39, 0.29) is 17.8 Å². The average molecular weight is 436 g/mol. The molecule has 2 amide bonds. The first-order valence-corrected chi connectivity index (χ1v) is 9.94. The van der Waals surface area contributed by atoms with Crippen LogP contribution in [0.1, 0.15) is 28.4 Å². The van der Waals surface area contributed by atoms with Crippen molar-refractivity contribution in [1.82, 2.24) is 10.3 Å². The van der Waals surface area contributed by atoms with E-state index >= 15 is 0 Å². The number of halogens is 1. The van der Waals surface area contributed by atoms with Gasteiger partial charge in [0.15, 0.2) is 0 Å². The summed E-state index contributed by atoms with van der Waals surface area (Å²) in [6, 6.07) is 15.8. The Labute approximate surface area is 185 Å². The summed E-state index contributed by atoms with van der Waals surface area (Å²) in [5, 5.41) is 9.26. The molecule has 1 aromatic heterocycles. The first kappa shape index (κ1) is 22.0. The van der Waals surface area contributed by atoms with E-state index in [0.717, 1.165) is 16.8 Å².